The molecule has 0 spiro atoms. The first-order valence-corrected chi connectivity index (χ1v) is 6.55. The van der Waals surface area contributed by atoms with Crippen molar-refractivity contribution in [2.24, 2.45) is 0 Å². The van der Waals surface area contributed by atoms with Crippen molar-refractivity contribution in [1.29, 1.82) is 0 Å². The van der Waals surface area contributed by atoms with Gasteiger partial charge in [0.15, 0.2) is 5.75 Å². The lowest BCUT2D eigenvalue weighted by Gasteiger charge is -2.28. The van der Waals surface area contributed by atoms with Crippen molar-refractivity contribution >= 4 is 28.9 Å². The first-order valence-electron chi connectivity index (χ1n) is 5.79. The maximum atomic E-state index is 13.8. The number of nitrogens with one attached hydrogen (secondary N) is 1. The van der Waals surface area contributed by atoms with Crippen LogP contribution in [0.25, 0.3) is 0 Å². The van der Waals surface area contributed by atoms with Crippen LogP contribution < -0.4 is 10.1 Å². The molecule has 98 valence electrons. The van der Waals surface area contributed by atoms with Gasteiger partial charge in [-0.1, -0.05) is 41.4 Å². The Balaban J connectivity index is 1.97. The minimum Gasteiger partial charge on any atom is -0.480 e. The third-order valence-electron chi connectivity index (χ3n) is 3.00. The molecular formula is C14H10Cl2FNO. The van der Waals surface area contributed by atoms with Gasteiger partial charge in [0.25, 0.3) is 0 Å². The number of hydrogen-bond donors (Lipinski definition) is 1. The highest BCUT2D eigenvalue weighted by molar-refractivity contribution is 6.36. The number of hydrogen-bond acceptors (Lipinski definition) is 2. The smallest absolute Gasteiger partial charge is 0.162 e. The minimum atomic E-state index is -0.410. The number of benzene rings is 2. The Kier molecular flexibility index (Phi) is 3.25. The maximum absolute atomic E-state index is 13.8. The lowest BCUT2D eigenvalue weighted by Crippen LogP contribution is -2.24. The minimum absolute atomic E-state index is 0.289. The summed E-state index contributed by atoms with van der Waals surface area (Å²) in [6, 6.07) is 9.89. The van der Waals surface area contributed by atoms with E-state index in [1.165, 1.54) is 6.07 Å². The lowest BCUT2D eigenvalue weighted by atomic mass is 10.1. The lowest BCUT2D eigenvalue weighted by molar-refractivity contribution is 0.205. The maximum Gasteiger partial charge on any atom is 0.162 e. The van der Waals surface area contributed by atoms with Gasteiger partial charge in [-0.05, 0) is 18.2 Å². The molecule has 0 saturated heterocycles. The summed E-state index contributed by atoms with van der Waals surface area (Å²) in [5.74, 6) is 0.216. The third kappa shape index (κ3) is 2.36. The number of anilines is 1. The monoisotopic (exact) mass is 297 g/mol. The van der Waals surface area contributed by atoms with Crippen molar-refractivity contribution in [3.63, 3.8) is 0 Å². The van der Waals surface area contributed by atoms with Crippen LogP contribution in [0.3, 0.4) is 0 Å². The Labute approximate surface area is 120 Å². The summed E-state index contributed by atoms with van der Waals surface area (Å²) in [6.45, 7) is 0.463. The Morgan fingerprint density at radius 1 is 1.21 bits per heavy atom. The topological polar surface area (TPSA) is 21.3 Å². The molecule has 1 N–H and O–H groups in total. The molecule has 1 heterocycles. The molecule has 0 aromatic heterocycles. The molecule has 2 aromatic carbocycles. The summed E-state index contributed by atoms with van der Waals surface area (Å²) < 4.78 is 19.5. The van der Waals surface area contributed by atoms with Gasteiger partial charge in [0.05, 0.1) is 17.3 Å². The Hall–Kier alpha value is -1.45. The number of ether oxygens (including phenoxy) is 1. The molecule has 2 aromatic rings. The van der Waals surface area contributed by atoms with Crippen LogP contribution in [-0.4, -0.2) is 6.54 Å². The summed E-state index contributed by atoms with van der Waals surface area (Å²) in [5, 5.41) is 4.10. The van der Waals surface area contributed by atoms with Crippen molar-refractivity contribution in [3.8, 4) is 5.75 Å². The quantitative estimate of drug-likeness (QED) is 0.825. The summed E-state index contributed by atoms with van der Waals surface area (Å²) in [7, 11) is 0. The SMILES string of the molecule is Fc1ccccc1C1CNc2cc(Cl)cc(Cl)c2O1. The van der Waals surface area contributed by atoms with Crippen LogP contribution in [0.2, 0.25) is 10.0 Å². The van der Waals surface area contributed by atoms with Gasteiger partial charge in [0, 0.05) is 10.6 Å². The summed E-state index contributed by atoms with van der Waals surface area (Å²) in [5.41, 5.74) is 1.23. The molecule has 19 heavy (non-hydrogen) atoms. The first kappa shape index (κ1) is 12.6. The zero-order chi connectivity index (χ0) is 13.4. The normalized spacial score (nSPS) is 17.3. The van der Waals surface area contributed by atoms with Crippen LogP contribution in [0.1, 0.15) is 11.7 Å². The van der Waals surface area contributed by atoms with E-state index in [1.807, 2.05) is 0 Å². The van der Waals surface area contributed by atoms with Gasteiger partial charge < -0.3 is 10.1 Å². The highest BCUT2D eigenvalue weighted by atomic mass is 35.5. The van der Waals surface area contributed by atoms with E-state index < -0.39 is 6.10 Å². The van der Waals surface area contributed by atoms with E-state index in [-0.39, 0.29) is 5.82 Å². The van der Waals surface area contributed by atoms with Crippen LogP contribution in [0, 0.1) is 5.82 Å². The molecule has 0 bridgehead atoms. The van der Waals surface area contributed by atoms with Gasteiger partial charge in [0.1, 0.15) is 11.9 Å². The van der Waals surface area contributed by atoms with Gasteiger partial charge in [-0.25, -0.2) is 4.39 Å². The van der Waals surface area contributed by atoms with E-state index in [9.17, 15) is 4.39 Å². The molecule has 1 aliphatic rings. The average molecular weight is 298 g/mol. The number of fused-ring (bicyclic) bond motifs is 1. The van der Waals surface area contributed by atoms with Gasteiger partial charge in [0.2, 0.25) is 0 Å². The van der Waals surface area contributed by atoms with E-state index in [4.69, 9.17) is 27.9 Å². The fourth-order valence-corrected chi connectivity index (χ4v) is 2.65. The second kappa shape index (κ2) is 4.91. The van der Waals surface area contributed by atoms with Crippen LogP contribution in [0.4, 0.5) is 10.1 Å². The number of halogens is 3. The second-order valence-electron chi connectivity index (χ2n) is 4.27. The van der Waals surface area contributed by atoms with Crippen molar-refractivity contribution in [2.45, 2.75) is 6.10 Å². The van der Waals surface area contributed by atoms with Gasteiger partial charge in [-0.2, -0.15) is 0 Å². The molecule has 0 saturated carbocycles. The molecule has 1 atom stereocenters. The van der Waals surface area contributed by atoms with Crippen LogP contribution in [0.5, 0.6) is 5.75 Å². The predicted molar refractivity (Wildman–Crippen MR) is 74.7 cm³/mol. The Morgan fingerprint density at radius 3 is 2.79 bits per heavy atom. The van der Waals surface area contributed by atoms with E-state index in [0.29, 0.717) is 27.9 Å². The average Bonchev–Trinajstić information content (AvgIpc) is 2.39. The van der Waals surface area contributed by atoms with Crippen molar-refractivity contribution < 1.29 is 9.13 Å². The number of rotatable bonds is 1. The summed E-state index contributed by atoms with van der Waals surface area (Å²) in [4.78, 5) is 0. The third-order valence-corrected chi connectivity index (χ3v) is 3.50. The van der Waals surface area contributed by atoms with Crippen molar-refractivity contribution in [2.75, 3.05) is 11.9 Å². The molecule has 1 aliphatic heterocycles. The van der Waals surface area contributed by atoms with E-state index >= 15 is 0 Å². The second-order valence-corrected chi connectivity index (χ2v) is 5.12. The van der Waals surface area contributed by atoms with Gasteiger partial charge >= 0.3 is 0 Å². The first-order chi connectivity index (χ1) is 9.15. The molecule has 2 nitrogen and oxygen atoms in total. The van der Waals surface area contributed by atoms with Crippen LogP contribution in [-0.2, 0) is 0 Å². The summed E-state index contributed by atoms with van der Waals surface area (Å²) in [6.07, 6.45) is -0.410. The highest BCUT2D eigenvalue weighted by Gasteiger charge is 2.25. The molecule has 0 aliphatic carbocycles. The molecule has 0 radical (unpaired) electrons. The largest absolute Gasteiger partial charge is 0.480 e. The molecule has 1 unspecified atom stereocenters. The van der Waals surface area contributed by atoms with Crippen LogP contribution in [0.15, 0.2) is 36.4 Å². The highest BCUT2D eigenvalue weighted by Crippen LogP contribution is 2.42. The molecule has 5 heteroatoms. The molecular weight excluding hydrogens is 288 g/mol. The van der Waals surface area contributed by atoms with E-state index in [1.54, 1.807) is 30.3 Å². The summed E-state index contributed by atoms with van der Waals surface area (Å²) >= 11 is 12.0. The standard InChI is InChI=1S/C14H10Cl2FNO/c15-8-5-10(16)14-12(6-8)18-7-13(19-14)9-3-1-2-4-11(9)17/h1-6,13,18H,7H2. The fraction of sp³-hybridized carbons (Fsp3) is 0.143. The predicted octanol–water partition coefficient (Wildman–Crippen LogP) is 4.68. The Morgan fingerprint density at radius 2 is 2.00 bits per heavy atom. The van der Waals surface area contributed by atoms with E-state index in [2.05, 4.69) is 5.32 Å². The fourth-order valence-electron chi connectivity index (χ4n) is 2.11. The molecule has 0 amide bonds. The zero-order valence-corrected chi connectivity index (χ0v) is 11.3. The molecule has 0 fully saturated rings. The Bertz CT molecular complexity index is 633. The van der Waals surface area contributed by atoms with Gasteiger partial charge in [-0.15, -0.1) is 0 Å². The van der Waals surface area contributed by atoms with Crippen LogP contribution >= 0.6 is 23.2 Å². The van der Waals surface area contributed by atoms with Crippen molar-refractivity contribution in [1.82, 2.24) is 0 Å². The van der Waals surface area contributed by atoms with Gasteiger partial charge in [-0.3, -0.25) is 0 Å². The zero-order valence-electron chi connectivity index (χ0n) is 9.79. The van der Waals surface area contributed by atoms with Crippen molar-refractivity contribution in [3.05, 3.63) is 57.8 Å². The molecule has 3 rings (SSSR count). The van der Waals surface area contributed by atoms with E-state index in [0.717, 1.165) is 5.69 Å².